The van der Waals surface area contributed by atoms with E-state index in [1.807, 2.05) is 45.8 Å². The van der Waals surface area contributed by atoms with Gasteiger partial charge in [-0.3, -0.25) is 14.5 Å². The third kappa shape index (κ3) is 4.12. The van der Waals surface area contributed by atoms with E-state index in [1.54, 1.807) is 12.4 Å². The van der Waals surface area contributed by atoms with Crippen molar-refractivity contribution in [2.24, 2.45) is 0 Å². The zero-order valence-corrected chi connectivity index (χ0v) is 20.6. The molecule has 10 nitrogen and oxygen atoms in total. The number of carbonyl (C=O) groups is 2. The van der Waals surface area contributed by atoms with Gasteiger partial charge < -0.3 is 23.9 Å². The first-order valence-electron chi connectivity index (χ1n) is 12.5. The molecule has 6 heterocycles. The highest BCUT2D eigenvalue weighted by Crippen LogP contribution is 2.40. The molecule has 0 unspecified atom stereocenters. The maximum Gasteiger partial charge on any atom is 0.261 e. The summed E-state index contributed by atoms with van der Waals surface area (Å²) in [5.74, 6) is -0.659. The summed E-state index contributed by atoms with van der Waals surface area (Å²) in [5, 5.41) is 4.96. The normalized spacial score (nSPS) is 18.2. The number of fused-ring (bicyclic) bond motifs is 12. The van der Waals surface area contributed by atoms with Crippen molar-refractivity contribution in [1.29, 1.82) is 0 Å². The summed E-state index contributed by atoms with van der Waals surface area (Å²) in [5.41, 5.74) is 3.63. The summed E-state index contributed by atoms with van der Waals surface area (Å²) in [6.07, 6.45) is 7.29. The number of aromatic nitrogens is 4. The van der Waals surface area contributed by atoms with E-state index in [2.05, 4.69) is 15.3 Å². The van der Waals surface area contributed by atoms with E-state index in [0.29, 0.717) is 61.8 Å². The first kappa shape index (κ1) is 23.5. The number of nitrogens with one attached hydrogen (secondary N) is 1. The summed E-state index contributed by atoms with van der Waals surface area (Å²) < 4.78 is 15.6. The number of likely N-dealkylation sites (N-methyl/N-ethyl adjacent to an activating group) is 1. The first-order valence-corrected chi connectivity index (χ1v) is 12.5. The smallest absolute Gasteiger partial charge is 0.261 e. The molecule has 0 saturated heterocycles. The van der Waals surface area contributed by atoms with Gasteiger partial charge in [0.1, 0.15) is 11.3 Å². The maximum atomic E-state index is 13.6. The quantitative estimate of drug-likeness (QED) is 0.368. The van der Waals surface area contributed by atoms with Crippen LogP contribution in [0.15, 0.2) is 49.1 Å². The van der Waals surface area contributed by atoms with Crippen LogP contribution in [0.25, 0.3) is 33.2 Å². The Bertz CT molecular complexity index is 1420. The molecule has 0 radical (unpaired) electrons. The lowest BCUT2D eigenvalue weighted by molar-refractivity contribution is -0.134. The van der Waals surface area contributed by atoms with Gasteiger partial charge in [0.15, 0.2) is 0 Å². The Hall–Kier alpha value is -3.86. The van der Waals surface area contributed by atoms with Crippen molar-refractivity contribution in [3.8, 4) is 0 Å². The molecule has 0 fully saturated rings. The van der Waals surface area contributed by atoms with E-state index < -0.39 is 0 Å². The van der Waals surface area contributed by atoms with Crippen LogP contribution >= 0.6 is 0 Å². The summed E-state index contributed by atoms with van der Waals surface area (Å²) in [7, 11) is 1.53. The van der Waals surface area contributed by atoms with E-state index >= 15 is 0 Å². The second-order valence-electron chi connectivity index (χ2n) is 9.12. The number of pyridine rings is 2. The SMILES string of the molecule is CN1C(=O)C2=C(C1=O)c1cn(c3ncccc13)CCOCCNCCOCCn1cc2c2cccnc21. The number of rotatable bonds is 0. The molecule has 1 N–H and O–H groups in total. The molecule has 4 bridgehead atoms. The van der Waals surface area contributed by atoms with Crippen molar-refractivity contribution >= 4 is 45.0 Å². The third-order valence-electron chi connectivity index (χ3n) is 6.89. The Balaban J connectivity index is 1.57. The van der Waals surface area contributed by atoms with Gasteiger partial charge in [0.05, 0.1) is 37.6 Å². The van der Waals surface area contributed by atoms with E-state index in [4.69, 9.17) is 9.47 Å². The topological polar surface area (TPSA) is 104 Å². The van der Waals surface area contributed by atoms with Crippen molar-refractivity contribution in [2.75, 3.05) is 46.6 Å². The fraction of sp³-hybridized carbons (Fsp3) is 0.333. The van der Waals surface area contributed by atoms with E-state index in [9.17, 15) is 9.59 Å². The molecule has 2 amide bonds. The fourth-order valence-electron chi connectivity index (χ4n) is 5.07. The predicted octanol–water partition coefficient (Wildman–Crippen LogP) is 1.93. The number of carbonyl (C=O) groups excluding carboxylic acids is 2. The molecular weight excluding hydrogens is 472 g/mol. The highest BCUT2D eigenvalue weighted by Gasteiger charge is 2.39. The van der Waals surface area contributed by atoms with Gasteiger partial charge in [0, 0.05) is 79.9 Å². The van der Waals surface area contributed by atoms with Crippen molar-refractivity contribution < 1.29 is 19.1 Å². The molecule has 0 spiro atoms. The van der Waals surface area contributed by atoms with Gasteiger partial charge in [0.25, 0.3) is 11.8 Å². The molecule has 0 saturated carbocycles. The van der Waals surface area contributed by atoms with Gasteiger partial charge in [-0.2, -0.15) is 0 Å². The van der Waals surface area contributed by atoms with Gasteiger partial charge in [-0.1, -0.05) is 0 Å². The summed E-state index contributed by atoms with van der Waals surface area (Å²) >= 11 is 0. The molecule has 6 rings (SSSR count). The van der Waals surface area contributed by atoms with Crippen LogP contribution in [-0.4, -0.2) is 82.4 Å². The third-order valence-corrected chi connectivity index (χ3v) is 6.89. The number of ether oxygens (including phenoxy) is 2. The fourth-order valence-corrected chi connectivity index (χ4v) is 5.07. The summed E-state index contributed by atoms with van der Waals surface area (Å²) in [6.45, 7) is 4.75. The van der Waals surface area contributed by atoms with Crippen molar-refractivity contribution in [3.63, 3.8) is 0 Å². The van der Waals surface area contributed by atoms with Crippen LogP contribution in [0.4, 0.5) is 0 Å². The number of nitrogens with zero attached hydrogens (tertiary/aromatic N) is 5. The number of hydrogen-bond acceptors (Lipinski definition) is 7. The Labute approximate surface area is 213 Å². The zero-order chi connectivity index (χ0) is 25.4. The highest BCUT2D eigenvalue weighted by atomic mass is 16.5. The molecule has 0 aliphatic carbocycles. The highest BCUT2D eigenvalue weighted by molar-refractivity contribution is 6.50. The molecule has 4 aromatic heterocycles. The van der Waals surface area contributed by atoms with Gasteiger partial charge >= 0.3 is 0 Å². The van der Waals surface area contributed by atoms with E-state index in [0.717, 1.165) is 35.2 Å². The first-order chi connectivity index (χ1) is 18.1. The number of hydrogen-bond donors (Lipinski definition) is 1. The second-order valence-corrected chi connectivity index (χ2v) is 9.12. The molecule has 190 valence electrons. The van der Waals surface area contributed by atoms with Crippen LogP contribution in [0, 0.1) is 0 Å². The average molecular weight is 501 g/mol. The Morgan fingerprint density at radius 2 is 1.24 bits per heavy atom. The molecule has 10 heteroatoms. The molecule has 2 aliphatic heterocycles. The second kappa shape index (κ2) is 9.89. The Morgan fingerprint density at radius 1 is 0.757 bits per heavy atom. The molecule has 37 heavy (non-hydrogen) atoms. The lowest BCUT2D eigenvalue weighted by atomic mass is 9.96. The monoisotopic (exact) mass is 500 g/mol. The standard InChI is InChI=1S/C27H28N6O4/c1-31-26(34)22-20-16-32(24-18(20)4-2-6-29-24)10-14-36-12-8-28-9-13-37-15-11-33-17-21(23(22)27(31)35)19-5-3-7-30-25(19)33/h2-7,16-17,28H,8-15H2,1H3. The van der Waals surface area contributed by atoms with E-state index in [1.165, 1.54) is 11.9 Å². The van der Waals surface area contributed by atoms with Gasteiger partial charge in [-0.05, 0) is 24.3 Å². The van der Waals surface area contributed by atoms with Crippen LogP contribution in [0.5, 0.6) is 0 Å². The van der Waals surface area contributed by atoms with Crippen LogP contribution in [0.1, 0.15) is 11.1 Å². The summed E-state index contributed by atoms with van der Waals surface area (Å²) in [6, 6.07) is 7.57. The molecular formula is C27H28N6O4. The number of imide groups is 1. The minimum absolute atomic E-state index is 0.329. The number of amides is 2. The maximum absolute atomic E-state index is 13.6. The lowest BCUT2D eigenvalue weighted by Gasteiger charge is -2.09. The Morgan fingerprint density at radius 3 is 1.73 bits per heavy atom. The van der Waals surface area contributed by atoms with Crippen molar-refractivity contribution in [2.45, 2.75) is 13.1 Å². The molecule has 2 aliphatic rings. The van der Waals surface area contributed by atoms with Gasteiger partial charge in [-0.25, -0.2) is 9.97 Å². The summed E-state index contributed by atoms with van der Waals surface area (Å²) in [4.78, 5) is 37.5. The van der Waals surface area contributed by atoms with Crippen molar-refractivity contribution in [3.05, 3.63) is 60.2 Å². The van der Waals surface area contributed by atoms with Gasteiger partial charge in [-0.15, -0.1) is 0 Å². The molecule has 0 aromatic carbocycles. The Kier molecular flexibility index (Phi) is 6.29. The minimum Gasteiger partial charge on any atom is -0.378 e. The van der Waals surface area contributed by atoms with Gasteiger partial charge in [0.2, 0.25) is 0 Å². The largest absolute Gasteiger partial charge is 0.378 e. The lowest BCUT2D eigenvalue weighted by Crippen LogP contribution is -2.26. The average Bonchev–Trinajstić information content (AvgIpc) is 3.53. The minimum atomic E-state index is -0.329. The van der Waals surface area contributed by atoms with Crippen LogP contribution in [0.2, 0.25) is 0 Å². The predicted molar refractivity (Wildman–Crippen MR) is 139 cm³/mol. The zero-order valence-electron chi connectivity index (χ0n) is 20.6. The van der Waals surface area contributed by atoms with E-state index in [-0.39, 0.29) is 11.8 Å². The van der Waals surface area contributed by atoms with Crippen LogP contribution in [0.3, 0.4) is 0 Å². The molecule has 4 aromatic rings. The van der Waals surface area contributed by atoms with Crippen LogP contribution < -0.4 is 5.32 Å². The van der Waals surface area contributed by atoms with Crippen LogP contribution in [-0.2, 0) is 32.2 Å². The van der Waals surface area contributed by atoms with Crippen molar-refractivity contribution in [1.82, 2.24) is 29.3 Å². The molecule has 0 atom stereocenters.